The first kappa shape index (κ1) is 19.3. The zero-order valence-corrected chi connectivity index (χ0v) is 13.1. The largest absolute Gasteiger partial charge is 0.352 e. The Kier molecular flexibility index (Phi) is 8.52. The zero-order chi connectivity index (χ0) is 16.5. The third-order valence-corrected chi connectivity index (χ3v) is 3.24. The molecule has 0 aliphatic carbocycles. The lowest BCUT2D eigenvalue weighted by Gasteiger charge is -2.01. The first-order valence-corrected chi connectivity index (χ1v) is 7.80. The van der Waals surface area contributed by atoms with Gasteiger partial charge in [-0.3, -0.25) is 9.35 Å². The van der Waals surface area contributed by atoms with Gasteiger partial charge in [0.25, 0.3) is 10.1 Å². The number of hydrogen-bond acceptors (Lipinski definition) is 4. The smallest absolute Gasteiger partial charge is 0.294 e. The Labute approximate surface area is 125 Å². The zero-order valence-electron chi connectivity index (χ0n) is 12.3. The van der Waals surface area contributed by atoms with Crippen LogP contribution in [-0.4, -0.2) is 32.0 Å². The molecular weight excluding hydrogens is 292 g/mol. The fourth-order valence-corrected chi connectivity index (χ4v) is 1.65. The molecule has 6 nitrogen and oxygen atoms in total. The molecule has 0 heterocycles. The van der Waals surface area contributed by atoms with Crippen LogP contribution in [-0.2, 0) is 14.9 Å². The van der Waals surface area contributed by atoms with Gasteiger partial charge in [-0.2, -0.15) is 8.42 Å². The fourth-order valence-electron chi connectivity index (χ4n) is 1.17. The number of rotatable bonds is 5. The van der Waals surface area contributed by atoms with E-state index in [1.54, 1.807) is 19.1 Å². The molecule has 0 aromatic heterocycles. The molecule has 118 valence electrons. The number of carbonyl (C=O) groups is 1. The molecule has 1 aromatic carbocycles. The maximum absolute atomic E-state index is 10.8. The van der Waals surface area contributed by atoms with Gasteiger partial charge in [-0.05, 0) is 38.9 Å². The van der Waals surface area contributed by atoms with Crippen LogP contribution in [0, 0.1) is 6.92 Å². The van der Waals surface area contributed by atoms with Crippen LogP contribution >= 0.6 is 0 Å². The highest BCUT2D eigenvalue weighted by Gasteiger charge is 2.06. The maximum Gasteiger partial charge on any atom is 0.294 e. The molecule has 0 aliphatic heterocycles. The molecule has 21 heavy (non-hydrogen) atoms. The van der Waals surface area contributed by atoms with Crippen molar-refractivity contribution in [3.63, 3.8) is 0 Å². The Morgan fingerprint density at radius 1 is 1.33 bits per heavy atom. The van der Waals surface area contributed by atoms with Gasteiger partial charge in [0.1, 0.15) is 0 Å². The van der Waals surface area contributed by atoms with Crippen molar-refractivity contribution in [2.24, 2.45) is 5.73 Å². The molecule has 1 rings (SSSR count). The Balaban J connectivity index is 0.000000384. The van der Waals surface area contributed by atoms with E-state index < -0.39 is 10.1 Å². The van der Waals surface area contributed by atoms with Gasteiger partial charge in [0.2, 0.25) is 5.91 Å². The van der Waals surface area contributed by atoms with Gasteiger partial charge in [-0.15, -0.1) is 0 Å². The molecule has 0 atom stereocenters. The summed E-state index contributed by atoms with van der Waals surface area (Å²) in [5, 5.41) is 2.66. The van der Waals surface area contributed by atoms with Gasteiger partial charge in [-0.1, -0.05) is 24.3 Å². The predicted octanol–water partition coefficient (Wildman–Crippen LogP) is 1.27. The second kappa shape index (κ2) is 9.28. The monoisotopic (exact) mass is 314 g/mol. The van der Waals surface area contributed by atoms with Crippen molar-refractivity contribution in [2.75, 3.05) is 13.1 Å². The lowest BCUT2D eigenvalue weighted by molar-refractivity contribution is -0.117. The van der Waals surface area contributed by atoms with Crippen LogP contribution in [0.5, 0.6) is 0 Å². The van der Waals surface area contributed by atoms with Crippen molar-refractivity contribution in [3.8, 4) is 0 Å². The highest BCUT2D eigenvalue weighted by atomic mass is 32.2. The van der Waals surface area contributed by atoms with Crippen molar-refractivity contribution in [1.82, 2.24) is 5.32 Å². The quantitative estimate of drug-likeness (QED) is 0.431. The lowest BCUT2D eigenvalue weighted by Crippen LogP contribution is -2.26. The minimum Gasteiger partial charge on any atom is -0.352 e. The molecule has 0 radical (unpaired) electrons. The summed E-state index contributed by atoms with van der Waals surface area (Å²) in [6, 6.07) is 5.99. The summed E-state index contributed by atoms with van der Waals surface area (Å²) in [7, 11) is -4.02. The normalized spacial score (nSPS) is 10.3. The van der Waals surface area contributed by atoms with E-state index in [1.807, 2.05) is 6.92 Å². The number of nitrogens with one attached hydrogen (secondary N) is 1. The Bertz CT molecular complexity index is 565. The third kappa shape index (κ3) is 8.96. The van der Waals surface area contributed by atoms with Crippen molar-refractivity contribution in [2.45, 2.75) is 25.2 Å². The average molecular weight is 314 g/mol. The number of benzene rings is 1. The Hall–Kier alpha value is -1.70. The summed E-state index contributed by atoms with van der Waals surface area (Å²) in [6.07, 6.45) is 0.818. The molecular formula is C14H22N2O4S. The van der Waals surface area contributed by atoms with Crippen molar-refractivity contribution in [3.05, 3.63) is 42.0 Å². The molecule has 1 aromatic rings. The SMILES string of the molecule is C=C(C)C(=O)NCCCN.Cc1ccc(S(=O)(=O)O)cc1. The summed E-state index contributed by atoms with van der Waals surface area (Å²) >= 11 is 0. The van der Waals surface area contributed by atoms with Crippen LogP contribution in [0.25, 0.3) is 0 Å². The molecule has 0 saturated carbocycles. The average Bonchev–Trinajstić information content (AvgIpc) is 2.39. The van der Waals surface area contributed by atoms with Gasteiger partial charge >= 0.3 is 0 Å². The van der Waals surface area contributed by atoms with Crippen LogP contribution in [0.15, 0.2) is 41.3 Å². The molecule has 0 fully saturated rings. The van der Waals surface area contributed by atoms with Crippen LogP contribution in [0.3, 0.4) is 0 Å². The maximum atomic E-state index is 10.8. The highest BCUT2D eigenvalue weighted by Crippen LogP contribution is 2.08. The number of carbonyl (C=O) groups excluding carboxylic acids is 1. The first-order valence-electron chi connectivity index (χ1n) is 6.36. The molecule has 4 N–H and O–H groups in total. The lowest BCUT2D eigenvalue weighted by atomic mass is 10.2. The Morgan fingerprint density at radius 3 is 2.24 bits per heavy atom. The van der Waals surface area contributed by atoms with E-state index in [0.717, 1.165) is 12.0 Å². The van der Waals surface area contributed by atoms with Gasteiger partial charge in [-0.25, -0.2) is 0 Å². The molecule has 0 spiro atoms. The topological polar surface area (TPSA) is 109 Å². The van der Waals surface area contributed by atoms with E-state index in [0.29, 0.717) is 18.7 Å². The standard InChI is InChI=1S/C7H14N2O.C7H8O3S/c1-6(2)7(10)9-5-3-4-8;1-6-2-4-7(5-3-6)11(8,9)10/h1,3-5,8H2,2H3,(H,9,10);2-5H,1H3,(H,8,9,10). The number of amides is 1. The van der Waals surface area contributed by atoms with Gasteiger partial charge in [0.05, 0.1) is 4.90 Å². The van der Waals surface area contributed by atoms with Gasteiger partial charge < -0.3 is 11.1 Å². The summed E-state index contributed by atoms with van der Waals surface area (Å²) < 4.78 is 29.6. The molecule has 0 aliphatic rings. The Morgan fingerprint density at radius 2 is 1.86 bits per heavy atom. The summed E-state index contributed by atoms with van der Waals surface area (Å²) in [5.41, 5.74) is 6.71. The first-order chi connectivity index (χ1) is 9.68. The summed E-state index contributed by atoms with van der Waals surface area (Å²) in [4.78, 5) is 10.7. The molecule has 0 bridgehead atoms. The van der Waals surface area contributed by atoms with Gasteiger partial charge in [0.15, 0.2) is 0 Å². The minimum absolute atomic E-state index is 0.0666. The van der Waals surface area contributed by atoms with Crippen molar-refractivity contribution >= 4 is 16.0 Å². The van der Waals surface area contributed by atoms with Gasteiger partial charge in [0, 0.05) is 12.1 Å². The van der Waals surface area contributed by atoms with E-state index in [1.165, 1.54) is 12.1 Å². The third-order valence-electron chi connectivity index (χ3n) is 2.37. The molecule has 7 heteroatoms. The van der Waals surface area contributed by atoms with Crippen LogP contribution in [0.1, 0.15) is 18.9 Å². The minimum atomic E-state index is -4.02. The number of nitrogens with two attached hydrogens (primary N) is 1. The fraction of sp³-hybridized carbons (Fsp3) is 0.357. The van der Waals surface area contributed by atoms with E-state index in [9.17, 15) is 13.2 Å². The van der Waals surface area contributed by atoms with E-state index >= 15 is 0 Å². The molecule has 0 saturated heterocycles. The summed E-state index contributed by atoms with van der Waals surface area (Å²) in [6.45, 7) is 8.26. The van der Waals surface area contributed by atoms with E-state index in [-0.39, 0.29) is 10.8 Å². The molecule has 0 unspecified atom stereocenters. The van der Waals surface area contributed by atoms with Crippen molar-refractivity contribution in [1.29, 1.82) is 0 Å². The highest BCUT2D eigenvalue weighted by molar-refractivity contribution is 7.85. The number of hydrogen-bond donors (Lipinski definition) is 3. The van der Waals surface area contributed by atoms with E-state index in [4.69, 9.17) is 10.3 Å². The van der Waals surface area contributed by atoms with E-state index in [2.05, 4.69) is 11.9 Å². The van der Waals surface area contributed by atoms with Crippen LogP contribution in [0.2, 0.25) is 0 Å². The number of aryl methyl sites for hydroxylation is 1. The van der Waals surface area contributed by atoms with Crippen molar-refractivity contribution < 1.29 is 17.8 Å². The van der Waals surface area contributed by atoms with Crippen LogP contribution in [0.4, 0.5) is 0 Å². The second-order valence-electron chi connectivity index (χ2n) is 4.47. The van der Waals surface area contributed by atoms with Crippen LogP contribution < -0.4 is 11.1 Å². The predicted molar refractivity (Wildman–Crippen MR) is 82.5 cm³/mol. The molecule has 1 amide bonds. The second-order valence-corrected chi connectivity index (χ2v) is 5.89. The summed E-state index contributed by atoms with van der Waals surface area (Å²) in [5.74, 6) is -0.0894.